The van der Waals surface area contributed by atoms with E-state index >= 15 is 9.59 Å². The van der Waals surface area contributed by atoms with Crippen molar-refractivity contribution in [3.8, 4) is 17.2 Å². The number of amides is 4. The molecule has 6 aromatic rings. The van der Waals surface area contributed by atoms with Crippen LogP contribution in [0.5, 0.6) is 5.75 Å². The fourth-order valence-electron chi connectivity index (χ4n) is 10.1. The molecular formula is C47H36ClN3O7. The van der Waals surface area contributed by atoms with Crippen molar-refractivity contribution in [1.29, 1.82) is 0 Å². The summed E-state index contributed by atoms with van der Waals surface area (Å²) in [6.45, 7) is -0.226. The Morgan fingerprint density at radius 1 is 0.776 bits per heavy atom. The van der Waals surface area contributed by atoms with Crippen molar-refractivity contribution in [3.05, 3.63) is 155 Å². The van der Waals surface area contributed by atoms with Crippen molar-refractivity contribution in [3.63, 3.8) is 0 Å². The van der Waals surface area contributed by atoms with Gasteiger partial charge in [-0.25, -0.2) is 9.88 Å². The number of oxazole rings is 1. The number of carbonyl (C=O) groups is 4. The summed E-state index contributed by atoms with van der Waals surface area (Å²) in [5.41, 5.74) is 3.51. The molecule has 4 aliphatic rings. The molecule has 6 atom stereocenters. The molecule has 0 bridgehead atoms. The Kier molecular flexibility index (Phi) is 8.65. The van der Waals surface area contributed by atoms with Crippen LogP contribution in [-0.4, -0.2) is 46.9 Å². The van der Waals surface area contributed by atoms with Crippen LogP contribution < -0.4 is 14.5 Å². The number of hydrogen-bond donors (Lipinski definition) is 1. The van der Waals surface area contributed by atoms with E-state index in [9.17, 15) is 14.7 Å². The SMILES string of the molecule is O=C1C2CC=C3C(CC4C(=O)N(c5cccc(Cl)c5)C(=O)C4(c4ccccc4)C3c3ccccc3OCCO)C2C(=O)N1c1ccc(-c2nc3ccccc3o2)cc1. The molecule has 3 heterocycles. The van der Waals surface area contributed by atoms with Crippen LogP contribution in [-0.2, 0) is 24.6 Å². The number of carbonyl (C=O) groups excluding carboxylic acids is 4. The highest BCUT2D eigenvalue weighted by Crippen LogP contribution is 2.65. The molecule has 288 valence electrons. The van der Waals surface area contributed by atoms with Crippen LogP contribution in [0.15, 0.2) is 143 Å². The van der Waals surface area contributed by atoms with Gasteiger partial charge in [0.05, 0.1) is 41.2 Å². The molecule has 11 heteroatoms. The van der Waals surface area contributed by atoms with E-state index in [1.165, 1.54) is 9.80 Å². The van der Waals surface area contributed by atoms with Crippen LogP contribution in [0.25, 0.3) is 22.6 Å². The average Bonchev–Trinajstić information content (AvgIpc) is 3.87. The molecule has 0 radical (unpaired) electrons. The molecule has 2 aliphatic heterocycles. The maximum absolute atomic E-state index is 15.5. The van der Waals surface area contributed by atoms with Gasteiger partial charge in [-0.3, -0.25) is 24.1 Å². The number of anilines is 2. The first-order valence-electron chi connectivity index (χ1n) is 19.4. The standard InChI is InChI=1S/C47H36ClN3O7/c48-29-11-8-12-31(25-29)51-44(54)36-26-35-32(41(33-13-4-6-15-38(33)57-24-23-52)47(36,46(51)56)28-9-2-1-3-10-28)21-22-34-40(35)45(55)50(43(34)53)30-19-17-27(18-20-30)42-49-37-14-5-7-16-39(37)58-42/h1-21,25,34-36,40-41,52H,22-24,26H2. The maximum atomic E-state index is 15.5. The molecule has 3 fully saturated rings. The molecule has 1 saturated carbocycles. The van der Waals surface area contributed by atoms with Gasteiger partial charge in [0.1, 0.15) is 17.9 Å². The molecule has 10 rings (SSSR count). The Bertz CT molecular complexity index is 2640. The number of benzene rings is 5. The topological polar surface area (TPSA) is 130 Å². The minimum atomic E-state index is -1.46. The molecule has 10 nitrogen and oxygen atoms in total. The number of para-hydroxylation sites is 3. The summed E-state index contributed by atoms with van der Waals surface area (Å²) in [5, 5.41) is 10.2. The van der Waals surface area contributed by atoms with Gasteiger partial charge >= 0.3 is 0 Å². The van der Waals surface area contributed by atoms with Crippen molar-refractivity contribution < 1.29 is 33.4 Å². The van der Waals surface area contributed by atoms with Crippen LogP contribution in [0.4, 0.5) is 11.4 Å². The lowest BCUT2D eigenvalue weighted by Gasteiger charge is -2.51. The van der Waals surface area contributed by atoms with Gasteiger partial charge < -0.3 is 14.3 Å². The van der Waals surface area contributed by atoms with Crippen LogP contribution in [0.1, 0.15) is 29.9 Å². The lowest BCUT2D eigenvalue weighted by molar-refractivity contribution is -0.127. The number of ether oxygens (including phenoxy) is 1. The Morgan fingerprint density at radius 3 is 2.31 bits per heavy atom. The van der Waals surface area contributed by atoms with E-state index < -0.39 is 46.8 Å². The van der Waals surface area contributed by atoms with Crippen molar-refractivity contribution >= 4 is 57.7 Å². The van der Waals surface area contributed by atoms with Gasteiger partial charge in [-0.2, -0.15) is 0 Å². The normalized spacial score (nSPS) is 25.1. The minimum Gasteiger partial charge on any atom is -0.491 e. The number of hydrogen-bond acceptors (Lipinski definition) is 8. The van der Waals surface area contributed by atoms with Gasteiger partial charge in [-0.15, -0.1) is 0 Å². The summed E-state index contributed by atoms with van der Waals surface area (Å²) in [7, 11) is 0. The zero-order valence-electron chi connectivity index (χ0n) is 31.0. The molecule has 5 aromatic carbocycles. The summed E-state index contributed by atoms with van der Waals surface area (Å²) in [6, 6.07) is 37.9. The maximum Gasteiger partial charge on any atom is 0.246 e. The van der Waals surface area contributed by atoms with E-state index in [1.54, 1.807) is 54.6 Å². The molecular weight excluding hydrogens is 754 g/mol. The van der Waals surface area contributed by atoms with Gasteiger partial charge in [0.15, 0.2) is 5.58 Å². The second-order valence-electron chi connectivity index (χ2n) is 15.2. The highest BCUT2D eigenvalue weighted by atomic mass is 35.5. The van der Waals surface area contributed by atoms with Gasteiger partial charge in [-0.1, -0.05) is 90.0 Å². The van der Waals surface area contributed by atoms with Gasteiger partial charge in [0.2, 0.25) is 29.5 Å². The monoisotopic (exact) mass is 789 g/mol. The van der Waals surface area contributed by atoms with E-state index in [0.29, 0.717) is 50.3 Å². The number of rotatable bonds is 8. The summed E-state index contributed by atoms with van der Waals surface area (Å²) in [5.74, 6) is -4.30. The highest BCUT2D eigenvalue weighted by Gasteiger charge is 2.70. The van der Waals surface area contributed by atoms with E-state index in [1.807, 2.05) is 78.9 Å². The van der Waals surface area contributed by atoms with Crippen LogP contribution in [0.3, 0.4) is 0 Å². The van der Waals surface area contributed by atoms with Gasteiger partial charge in [0, 0.05) is 22.1 Å². The first-order valence-corrected chi connectivity index (χ1v) is 19.7. The number of halogens is 1. The summed E-state index contributed by atoms with van der Waals surface area (Å²) < 4.78 is 12.1. The number of aliphatic hydroxyl groups excluding tert-OH is 1. The Hall–Kier alpha value is -6.36. The Balaban J connectivity index is 1.10. The lowest BCUT2D eigenvalue weighted by atomic mass is 9.49. The van der Waals surface area contributed by atoms with E-state index in [2.05, 4.69) is 4.98 Å². The third-order valence-electron chi connectivity index (χ3n) is 12.4. The molecule has 0 spiro atoms. The van der Waals surface area contributed by atoms with Crippen LogP contribution >= 0.6 is 11.6 Å². The number of allylic oxidation sites excluding steroid dienone is 2. The first-order chi connectivity index (χ1) is 28.3. The number of imide groups is 2. The first kappa shape index (κ1) is 36.0. The highest BCUT2D eigenvalue weighted by molar-refractivity contribution is 6.32. The molecule has 2 aliphatic carbocycles. The smallest absolute Gasteiger partial charge is 0.246 e. The number of fused-ring (bicyclic) bond motifs is 5. The van der Waals surface area contributed by atoms with E-state index in [0.717, 1.165) is 11.1 Å². The molecule has 1 aromatic heterocycles. The Labute approximate surface area is 338 Å². The van der Waals surface area contributed by atoms with Crippen LogP contribution in [0.2, 0.25) is 5.02 Å². The molecule has 4 amide bonds. The van der Waals surface area contributed by atoms with Crippen molar-refractivity contribution in [2.24, 2.45) is 23.7 Å². The fraction of sp³-hybridized carbons (Fsp3) is 0.213. The summed E-state index contributed by atoms with van der Waals surface area (Å²) in [4.78, 5) is 67.0. The second kappa shape index (κ2) is 13.9. The van der Waals surface area contributed by atoms with Gasteiger partial charge in [-0.05, 0) is 85.0 Å². The number of nitrogens with zero attached hydrogens (tertiary/aromatic N) is 3. The van der Waals surface area contributed by atoms with Gasteiger partial charge in [0.25, 0.3) is 0 Å². The predicted molar refractivity (Wildman–Crippen MR) is 217 cm³/mol. The number of aliphatic hydroxyl groups is 1. The zero-order chi connectivity index (χ0) is 39.7. The van der Waals surface area contributed by atoms with Crippen molar-refractivity contribution in [2.45, 2.75) is 24.2 Å². The average molecular weight is 790 g/mol. The van der Waals surface area contributed by atoms with E-state index in [4.69, 9.17) is 20.8 Å². The molecule has 2 saturated heterocycles. The lowest BCUT2D eigenvalue weighted by Crippen LogP contribution is -2.53. The molecule has 6 unspecified atom stereocenters. The number of aromatic nitrogens is 1. The van der Waals surface area contributed by atoms with Crippen LogP contribution in [0, 0.1) is 23.7 Å². The molecule has 58 heavy (non-hydrogen) atoms. The third-order valence-corrected chi connectivity index (χ3v) is 12.6. The Morgan fingerprint density at radius 2 is 1.53 bits per heavy atom. The quantitative estimate of drug-likeness (QED) is 0.122. The summed E-state index contributed by atoms with van der Waals surface area (Å²) >= 11 is 6.45. The third kappa shape index (κ3) is 5.32. The predicted octanol–water partition coefficient (Wildman–Crippen LogP) is 7.89. The van der Waals surface area contributed by atoms with Crippen molar-refractivity contribution in [2.75, 3.05) is 23.0 Å². The zero-order valence-corrected chi connectivity index (χ0v) is 31.8. The minimum absolute atomic E-state index is 0.00728. The summed E-state index contributed by atoms with van der Waals surface area (Å²) in [6.07, 6.45) is 2.44. The second-order valence-corrected chi connectivity index (χ2v) is 15.7. The largest absolute Gasteiger partial charge is 0.491 e. The van der Waals surface area contributed by atoms with E-state index in [-0.39, 0.29) is 37.9 Å². The fourth-order valence-corrected chi connectivity index (χ4v) is 10.3. The van der Waals surface area contributed by atoms with Crippen molar-refractivity contribution in [1.82, 2.24) is 4.98 Å². The molecule has 1 N–H and O–H groups in total.